The highest BCUT2D eigenvalue weighted by atomic mass is 19.4. The number of nitrogen functional groups attached to an aromatic ring is 1. The van der Waals surface area contributed by atoms with Crippen molar-refractivity contribution in [2.24, 2.45) is 7.05 Å². The molecule has 0 spiro atoms. The van der Waals surface area contributed by atoms with Crippen LogP contribution in [-0.4, -0.2) is 14.5 Å². The van der Waals surface area contributed by atoms with Gasteiger partial charge in [-0.05, 0) is 0 Å². The van der Waals surface area contributed by atoms with E-state index in [-0.39, 0.29) is 16.9 Å². The van der Waals surface area contributed by atoms with Crippen molar-refractivity contribution in [3.8, 4) is 0 Å². The second-order valence-corrected chi connectivity index (χ2v) is 3.11. The minimum absolute atomic E-state index is 0.146. The van der Waals surface area contributed by atoms with Crippen molar-refractivity contribution in [2.75, 3.05) is 5.73 Å². The first-order valence-electron chi connectivity index (χ1n) is 4.04. The standard InChI is InChI=1S/C8H7F3N4/c1-15-2-4(8(9,10)11)5-6(12)13-3-14-7(5)15/h2-3H,1H3,(H2,12,13,14). The number of fused-ring (bicyclic) bond motifs is 1. The molecule has 0 bridgehead atoms. The lowest BCUT2D eigenvalue weighted by atomic mass is 10.2. The van der Waals surface area contributed by atoms with Gasteiger partial charge in [-0.25, -0.2) is 9.97 Å². The summed E-state index contributed by atoms with van der Waals surface area (Å²) in [6.45, 7) is 0. The van der Waals surface area contributed by atoms with Crippen LogP contribution < -0.4 is 5.73 Å². The van der Waals surface area contributed by atoms with Crippen LogP contribution in [0.4, 0.5) is 19.0 Å². The Kier molecular flexibility index (Phi) is 1.85. The lowest BCUT2D eigenvalue weighted by molar-refractivity contribution is -0.136. The van der Waals surface area contributed by atoms with Gasteiger partial charge >= 0.3 is 6.18 Å². The molecule has 0 saturated heterocycles. The molecule has 0 atom stereocenters. The van der Waals surface area contributed by atoms with Crippen molar-refractivity contribution in [1.29, 1.82) is 0 Å². The fourth-order valence-electron chi connectivity index (χ4n) is 1.45. The van der Waals surface area contributed by atoms with E-state index in [2.05, 4.69) is 9.97 Å². The zero-order valence-corrected chi connectivity index (χ0v) is 7.71. The van der Waals surface area contributed by atoms with E-state index in [1.807, 2.05) is 0 Å². The summed E-state index contributed by atoms with van der Waals surface area (Å²) < 4.78 is 39.0. The summed E-state index contributed by atoms with van der Waals surface area (Å²) in [7, 11) is 1.48. The smallest absolute Gasteiger partial charge is 0.383 e. The number of nitrogens with two attached hydrogens (primary N) is 1. The molecular formula is C8H7F3N4. The Morgan fingerprint density at radius 3 is 2.60 bits per heavy atom. The van der Waals surface area contributed by atoms with Crippen molar-refractivity contribution < 1.29 is 13.2 Å². The van der Waals surface area contributed by atoms with Crippen LogP contribution in [0.5, 0.6) is 0 Å². The van der Waals surface area contributed by atoms with Crippen LogP contribution in [0, 0.1) is 0 Å². The van der Waals surface area contributed by atoms with E-state index in [9.17, 15) is 13.2 Å². The molecule has 80 valence electrons. The highest BCUT2D eigenvalue weighted by Crippen LogP contribution is 2.36. The van der Waals surface area contributed by atoms with Crippen LogP contribution >= 0.6 is 0 Å². The van der Waals surface area contributed by atoms with Gasteiger partial charge in [-0.1, -0.05) is 0 Å². The van der Waals surface area contributed by atoms with E-state index >= 15 is 0 Å². The molecule has 2 rings (SSSR count). The number of nitrogens with zero attached hydrogens (tertiary/aromatic N) is 3. The van der Waals surface area contributed by atoms with Gasteiger partial charge in [0.2, 0.25) is 0 Å². The summed E-state index contributed by atoms with van der Waals surface area (Å²) in [5.41, 5.74) is 4.77. The van der Waals surface area contributed by atoms with E-state index in [4.69, 9.17) is 5.73 Å². The van der Waals surface area contributed by atoms with Gasteiger partial charge in [0.25, 0.3) is 0 Å². The molecule has 0 fully saturated rings. The van der Waals surface area contributed by atoms with Gasteiger partial charge in [-0.3, -0.25) is 0 Å². The molecule has 0 radical (unpaired) electrons. The predicted octanol–water partition coefficient (Wildman–Crippen LogP) is 1.57. The fourth-order valence-corrected chi connectivity index (χ4v) is 1.45. The molecule has 2 heterocycles. The van der Waals surface area contributed by atoms with Gasteiger partial charge in [0, 0.05) is 13.2 Å². The maximum atomic E-state index is 12.6. The Morgan fingerprint density at radius 2 is 2.00 bits per heavy atom. The Labute approximate surface area is 82.5 Å². The first-order chi connectivity index (χ1) is 6.91. The van der Waals surface area contributed by atoms with E-state index in [0.29, 0.717) is 0 Å². The number of alkyl halides is 3. The van der Waals surface area contributed by atoms with E-state index in [1.54, 1.807) is 0 Å². The van der Waals surface area contributed by atoms with Gasteiger partial charge in [-0.2, -0.15) is 13.2 Å². The second kappa shape index (κ2) is 2.85. The molecular weight excluding hydrogens is 209 g/mol. The van der Waals surface area contributed by atoms with Gasteiger partial charge in [0.1, 0.15) is 17.8 Å². The molecule has 0 aliphatic heterocycles. The van der Waals surface area contributed by atoms with Crippen molar-refractivity contribution in [1.82, 2.24) is 14.5 Å². The molecule has 15 heavy (non-hydrogen) atoms. The normalized spacial score (nSPS) is 12.3. The summed E-state index contributed by atoms with van der Waals surface area (Å²) in [5.74, 6) is -0.159. The van der Waals surface area contributed by atoms with Crippen molar-refractivity contribution in [3.63, 3.8) is 0 Å². The molecule has 0 unspecified atom stereocenters. The molecule has 0 saturated carbocycles. The van der Waals surface area contributed by atoms with E-state index < -0.39 is 11.7 Å². The van der Waals surface area contributed by atoms with Crippen LogP contribution in [0.25, 0.3) is 11.0 Å². The monoisotopic (exact) mass is 216 g/mol. The molecule has 7 heteroatoms. The summed E-state index contributed by atoms with van der Waals surface area (Å²) in [5, 5.41) is -0.146. The molecule has 0 aliphatic rings. The zero-order chi connectivity index (χ0) is 11.2. The number of aromatic nitrogens is 3. The van der Waals surface area contributed by atoms with Crippen LogP contribution in [0.1, 0.15) is 5.56 Å². The first kappa shape index (κ1) is 9.75. The maximum Gasteiger partial charge on any atom is 0.418 e. The van der Waals surface area contributed by atoms with Gasteiger partial charge in [-0.15, -0.1) is 0 Å². The SMILES string of the molecule is Cn1cc(C(F)(F)F)c2c(N)ncnc21. The molecule has 0 amide bonds. The Hall–Kier alpha value is -1.79. The van der Waals surface area contributed by atoms with Crippen LogP contribution in [0.2, 0.25) is 0 Å². The Bertz CT molecular complexity index is 514. The Balaban J connectivity index is 2.88. The number of hydrogen-bond acceptors (Lipinski definition) is 3. The van der Waals surface area contributed by atoms with Crippen LogP contribution in [0.15, 0.2) is 12.5 Å². The third-order valence-electron chi connectivity index (χ3n) is 2.09. The topological polar surface area (TPSA) is 56.7 Å². The fraction of sp³-hybridized carbons (Fsp3) is 0.250. The predicted molar refractivity (Wildman–Crippen MR) is 47.9 cm³/mol. The molecule has 2 aromatic rings. The number of halogens is 3. The summed E-state index contributed by atoms with van der Waals surface area (Å²) in [6, 6.07) is 0. The zero-order valence-electron chi connectivity index (χ0n) is 7.71. The minimum atomic E-state index is -4.45. The minimum Gasteiger partial charge on any atom is -0.383 e. The third kappa shape index (κ3) is 1.39. The maximum absolute atomic E-state index is 12.6. The number of rotatable bonds is 0. The summed E-state index contributed by atoms with van der Waals surface area (Å²) in [6.07, 6.45) is -2.36. The molecule has 0 aliphatic carbocycles. The highest BCUT2D eigenvalue weighted by Gasteiger charge is 2.35. The number of anilines is 1. The number of aryl methyl sites for hydroxylation is 1. The third-order valence-corrected chi connectivity index (χ3v) is 2.09. The molecule has 2 aromatic heterocycles. The van der Waals surface area contributed by atoms with Gasteiger partial charge in [0.05, 0.1) is 10.9 Å². The summed E-state index contributed by atoms with van der Waals surface area (Å²) in [4.78, 5) is 7.30. The average molecular weight is 216 g/mol. The van der Waals surface area contributed by atoms with Crippen LogP contribution in [-0.2, 0) is 13.2 Å². The Morgan fingerprint density at radius 1 is 1.33 bits per heavy atom. The van der Waals surface area contributed by atoms with Crippen molar-refractivity contribution in [2.45, 2.75) is 6.18 Å². The quantitative estimate of drug-likeness (QED) is 0.727. The van der Waals surface area contributed by atoms with Gasteiger partial charge in [0.15, 0.2) is 0 Å². The highest BCUT2D eigenvalue weighted by molar-refractivity contribution is 5.90. The summed E-state index contributed by atoms with van der Waals surface area (Å²) >= 11 is 0. The molecule has 4 nitrogen and oxygen atoms in total. The largest absolute Gasteiger partial charge is 0.418 e. The van der Waals surface area contributed by atoms with Crippen molar-refractivity contribution in [3.05, 3.63) is 18.1 Å². The molecule has 0 aromatic carbocycles. The van der Waals surface area contributed by atoms with Crippen LogP contribution in [0.3, 0.4) is 0 Å². The number of hydrogen-bond donors (Lipinski definition) is 1. The van der Waals surface area contributed by atoms with E-state index in [1.165, 1.54) is 11.6 Å². The van der Waals surface area contributed by atoms with E-state index in [0.717, 1.165) is 12.5 Å². The van der Waals surface area contributed by atoms with Crippen molar-refractivity contribution >= 4 is 16.9 Å². The van der Waals surface area contributed by atoms with Gasteiger partial charge < -0.3 is 10.3 Å². The lowest BCUT2D eigenvalue weighted by Crippen LogP contribution is -2.05. The lowest BCUT2D eigenvalue weighted by Gasteiger charge is -2.04. The second-order valence-electron chi connectivity index (χ2n) is 3.11. The average Bonchev–Trinajstić information content (AvgIpc) is 2.45. The molecule has 2 N–H and O–H groups in total. The first-order valence-corrected chi connectivity index (χ1v) is 4.04.